The maximum atomic E-state index is 5.41. The predicted octanol–water partition coefficient (Wildman–Crippen LogP) is 3.74. The van der Waals surface area contributed by atoms with E-state index in [1.54, 1.807) is 13.3 Å². The molecule has 0 aliphatic rings. The molecule has 0 fully saturated rings. The minimum Gasteiger partial charge on any atom is -0.497 e. The Morgan fingerprint density at radius 3 is 2.74 bits per heavy atom. The fourth-order valence-electron chi connectivity index (χ4n) is 2.47. The summed E-state index contributed by atoms with van der Waals surface area (Å²) in [5.74, 6) is 1.49. The molecule has 0 radical (unpaired) electrons. The third-order valence-electron chi connectivity index (χ3n) is 3.67. The van der Waals surface area contributed by atoms with Gasteiger partial charge in [0, 0.05) is 17.8 Å². The molecule has 6 heteroatoms. The summed E-state index contributed by atoms with van der Waals surface area (Å²) in [5, 5.41) is 11.3. The van der Waals surface area contributed by atoms with Crippen LogP contribution < -0.4 is 4.74 Å². The van der Waals surface area contributed by atoms with Crippen LogP contribution in [0.3, 0.4) is 0 Å². The second-order valence-electron chi connectivity index (χ2n) is 5.05. The molecule has 0 atom stereocenters. The van der Waals surface area contributed by atoms with Gasteiger partial charge in [-0.15, -0.1) is 0 Å². The third kappa shape index (κ3) is 2.40. The van der Waals surface area contributed by atoms with E-state index in [0.29, 0.717) is 11.5 Å². The highest BCUT2D eigenvalue weighted by Crippen LogP contribution is 2.32. The molecule has 0 unspecified atom stereocenters. The number of aromatic nitrogens is 4. The Balaban J connectivity index is 1.72. The van der Waals surface area contributed by atoms with Gasteiger partial charge in [-0.3, -0.25) is 5.10 Å². The summed E-state index contributed by atoms with van der Waals surface area (Å²) in [7, 11) is 1.65. The molecule has 23 heavy (non-hydrogen) atoms. The summed E-state index contributed by atoms with van der Waals surface area (Å²) in [6.07, 6.45) is 3.62. The van der Waals surface area contributed by atoms with Crippen molar-refractivity contribution in [2.24, 2.45) is 0 Å². The van der Waals surface area contributed by atoms with E-state index in [0.717, 1.165) is 28.3 Å². The normalized spacial score (nSPS) is 10.8. The average Bonchev–Trinajstić information content (AvgIpc) is 3.34. The molecular formula is C17H14N4O2. The van der Waals surface area contributed by atoms with Gasteiger partial charge in [0.2, 0.25) is 0 Å². The van der Waals surface area contributed by atoms with Gasteiger partial charge >= 0.3 is 0 Å². The van der Waals surface area contributed by atoms with Gasteiger partial charge < -0.3 is 14.2 Å². The Kier molecular flexibility index (Phi) is 3.20. The zero-order valence-corrected chi connectivity index (χ0v) is 12.4. The van der Waals surface area contributed by atoms with Crippen molar-refractivity contribution in [3.63, 3.8) is 0 Å². The topological polar surface area (TPSA) is 79.7 Å². The number of rotatable bonds is 4. The number of hydrogen-bond donors (Lipinski definition) is 2. The number of hydrogen-bond acceptors (Lipinski definition) is 4. The summed E-state index contributed by atoms with van der Waals surface area (Å²) < 4.78 is 10.6. The molecule has 1 aromatic carbocycles. The van der Waals surface area contributed by atoms with Crippen LogP contribution in [0.5, 0.6) is 5.75 Å². The van der Waals surface area contributed by atoms with Gasteiger partial charge in [0.15, 0.2) is 5.76 Å². The molecule has 114 valence electrons. The SMILES string of the molecule is COc1ccc(-c2cn[nH]c2-c2cc(-c3ccc[nH]3)on2)cc1. The average molecular weight is 306 g/mol. The first-order valence-electron chi connectivity index (χ1n) is 7.14. The number of ether oxygens (including phenoxy) is 1. The van der Waals surface area contributed by atoms with Gasteiger partial charge in [0.05, 0.1) is 24.7 Å². The minimum absolute atomic E-state index is 0.681. The van der Waals surface area contributed by atoms with E-state index in [9.17, 15) is 0 Å². The van der Waals surface area contributed by atoms with Crippen molar-refractivity contribution in [1.82, 2.24) is 20.3 Å². The van der Waals surface area contributed by atoms with Crippen LogP contribution in [0.1, 0.15) is 0 Å². The molecule has 3 aromatic heterocycles. The van der Waals surface area contributed by atoms with Gasteiger partial charge in [-0.25, -0.2) is 0 Å². The lowest BCUT2D eigenvalue weighted by Gasteiger charge is -2.03. The second kappa shape index (κ2) is 5.49. The summed E-state index contributed by atoms with van der Waals surface area (Å²) in [6.45, 7) is 0. The summed E-state index contributed by atoms with van der Waals surface area (Å²) >= 11 is 0. The van der Waals surface area contributed by atoms with E-state index in [-0.39, 0.29) is 0 Å². The van der Waals surface area contributed by atoms with Crippen molar-refractivity contribution in [2.75, 3.05) is 7.11 Å². The monoisotopic (exact) mass is 306 g/mol. The smallest absolute Gasteiger partial charge is 0.183 e. The maximum absolute atomic E-state index is 5.41. The van der Waals surface area contributed by atoms with Crippen LogP contribution in [0.15, 0.2) is 59.4 Å². The highest BCUT2D eigenvalue weighted by atomic mass is 16.5. The Labute approximate surface area is 132 Å². The summed E-state index contributed by atoms with van der Waals surface area (Å²) in [6, 6.07) is 13.5. The molecule has 4 aromatic rings. The first kappa shape index (κ1) is 13.4. The largest absolute Gasteiger partial charge is 0.497 e. The predicted molar refractivity (Wildman–Crippen MR) is 85.9 cm³/mol. The molecule has 3 heterocycles. The zero-order chi connectivity index (χ0) is 15.6. The highest BCUT2D eigenvalue weighted by molar-refractivity contribution is 5.79. The second-order valence-corrected chi connectivity index (χ2v) is 5.05. The molecule has 0 spiro atoms. The van der Waals surface area contributed by atoms with Crippen molar-refractivity contribution >= 4 is 0 Å². The molecule has 0 bridgehead atoms. The van der Waals surface area contributed by atoms with Gasteiger partial charge in [-0.1, -0.05) is 17.3 Å². The van der Waals surface area contributed by atoms with Crippen LogP contribution in [0.2, 0.25) is 0 Å². The molecular weight excluding hydrogens is 292 g/mol. The van der Waals surface area contributed by atoms with Crippen LogP contribution in [0, 0.1) is 0 Å². The lowest BCUT2D eigenvalue weighted by molar-refractivity contribution is 0.415. The molecule has 4 rings (SSSR count). The first-order chi connectivity index (χ1) is 11.3. The number of nitrogens with one attached hydrogen (secondary N) is 2. The van der Waals surface area contributed by atoms with E-state index >= 15 is 0 Å². The van der Waals surface area contributed by atoms with Crippen molar-refractivity contribution in [3.05, 3.63) is 54.9 Å². The van der Waals surface area contributed by atoms with E-state index < -0.39 is 0 Å². The number of aromatic amines is 2. The fourth-order valence-corrected chi connectivity index (χ4v) is 2.47. The fraction of sp³-hybridized carbons (Fsp3) is 0.0588. The molecule has 0 amide bonds. The Morgan fingerprint density at radius 2 is 2.00 bits per heavy atom. The lowest BCUT2D eigenvalue weighted by atomic mass is 10.0. The van der Waals surface area contributed by atoms with Crippen molar-refractivity contribution < 1.29 is 9.26 Å². The van der Waals surface area contributed by atoms with Gasteiger partial charge in [0.1, 0.15) is 11.4 Å². The van der Waals surface area contributed by atoms with E-state index in [4.69, 9.17) is 9.26 Å². The van der Waals surface area contributed by atoms with E-state index in [2.05, 4.69) is 20.3 Å². The van der Waals surface area contributed by atoms with Crippen LogP contribution >= 0.6 is 0 Å². The van der Waals surface area contributed by atoms with Crippen LogP contribution in [0.25, 0.3) is 34.0 Å². The van der Waals surface area contributed by atoms with Crippen molar-refractivity contribution in [3.8, 4) is 39.7 Å². The van der Waals surface area contributed by atoms with E-state index in [1.165, 1.54) is 0 Å². The first-order valence-corrected chi connectivity index (χ1v) is 7.14. The van der Waals surface area contributed by atoms with Crippen LogP contribution in [0.4, 0.5) is 0 Å². The molecule has 0 saturated carbocycles. The Morgan fingerprint density at radius 1 is 1.13 bits per heavy atom. The summed E-state index contributed by atoms with van der Waals surface area (Å²) in [5.41, 5.74) is 4.39. The quantitative estimate of drug-likeness (QED) is 0.602. The van der Waals surface area contributed by atoms with Crippen molar-refractivity contribution in [1.29, 1.82) is 0 Å². The van der Waals surface area contributed by atoms with Gasteiger partial charge in [-0.05, 0) is 29.8 Å². The molecule has 0 saturated heterocycles. The number of methoxy groups -OCH3 is 1. The zero-order valence-electron chi connectivity index (χ0n) is 12.4. The number of benzene rings is 1. The number of nitrogens with zero attached hydrogens (tertiary/aromatic N) is 2. The molecule has 6 nitrogen and oxygen atoms in total. The Hall–Kier alpha value is -3.28. The molecule has 0 aliphatic carbocycles. The van der Waals surface area contributed by atoms with E-state index in [1.807, 2.05) is 48.7 Å². The van der Waals surface area contributed by atoms with Gasteiger partial charge in [0.25, 0.3) is 0 Å². The standard InChI is InChI=1S/C17H14N4O2/c1-22-12-6-4-11(5-7-12)13-10-19-20-17(13)15-9-16(23-21-15)14-3-2-8-18-14/h2-10,18H,1H3,(H,19,20). The van der Waals surface area contributed by atoms with Gasteiger partial charge in [-0.2, -0.15) is 5.10 Å². The third-order valence-corrected chi connectivity index (χ3v) is 3.67. The molecule has 0 aliphatic heterocycles. The van der Waals surface area contributed by atoms with Crippen LogP contribution in [-0.2, 0) is 0 Å². The Bertz CT molecular complexity index is 904. The lowest BCUT2D eigenvalue weighted by Crippen LogP contribution is -1.84. The highest BCUT2D eigenvalue weighted by Gasteiger charge is 2.15. The van der Waals surface area contributed by atoms with Crippen molar-refractivity contribution in [2.45, 2.75) is 0 Å². The maximum Gasteiger partial charge on any atom is 0.183 e. The van der Waals surface area contributed by atoms with Crippen LogP contribution in [-0.4, -0.2) is 27.4 Å². The molecule has 2 N–H and O–H groups in total. The number of H-pyrrole nitrogens is 2. The summed E-state index contributed by atoms with van der Waals surface area (Å²) in [4.78, 5) is 3.10. The minimum atomic E-state index is 0.681.